The van der Waals surface area contributed by atoms with E-state index in [2.05, 4.69) is 0 Å². The van der Waals surface area contributed by atoms with Crippen molar-refractivity contribution >= 4 is 17.1 Å². The topological polar surface area (TPSA) is 17.1 Å². The Morgan fingerprint density at radius 2 is 1.79 bits per heavy atom. The largest absolute Gasteiger partial charge is 0.303 e. The predicted molar refractivity (Wildman–Crippen MR) is 53.7 cm³/mol. The number of benzene rings is 2. The highest BCUT2D eigenvalue weighted by Crippen LogP contribution is 2.21. The number of carbonyl (C=O) groups is 1. The van der Waals surface area contributed by atoms with Crippen LogP contribution in [0, 0.1) is 5.82 Å². The molecule has 0 spiro atoms. The quantitative estimate of drug-likeness (QED) is 0.662. The van der Waals surface area contributed by atoms with Crippen LogP contribution in [-0.2, 0) is 11.2 Å². The average Bonchev–Trinajstić information content (AvgIpc) is 2.23. The standard InChI is InChI=1S/C12H9FO/c13-12-6-5-9(7-8-14)10-3-1-2-4-11(10)12/h1-6,8H,7H2. The van der Waals surface area contributed by atoms with Crippen molar-refractivity contribution in [2.75, 3.05) is 0 Å². The molecule has 0 aliphatic heterocycles. The fraction of sp³-hybridized carbons (Fsp3) is 0.0833. The van der Waals surface area contributed by atoms with Gasteiger partial charge >= 0.3 is 0 Å². The predicted octanol–water partition coefficient (Wildman–Crippen LogP) is 2.72. The minimum Gasteiger partial charge on any atom is -0.303 e. The van der Waals surface area contributed by atoms with Gasteiger partial charge in [0, 0.05) is 11.8 Å². The number of carbonyl (C=O) groups excluding carboxylic acids is 1. The highest BCUT2D eigenvalue weighted by Gasteiger charge is 2.03. The Balaban J connectivity index is 2.74. The molecule has 0 unspecified atom stereocenters. The Bertz CT molecular complexity index is 477. The maximum Gasteiger partial charge on any atom is 0.131 e. The number of hydrogen-bond donors (Lipinski definition) is 0. The maximum absolute atomic E-state index is 13.3. The summed E-state index contributed by atoms with van der Waals surface area (Å²) in [5.74, 6) is -0.241. The van der Waals surface area contributed by atoms with Crippen LogP contribution in [0.25, 0.3) is 10.8 Å². The molecule has 0 fully saturated rings. The van der Waals surface area contributed by atoms with E-state index in [1.807, 2.05) is 12.1 Å². The first-order valence-corrected chi connectivity index (χ1v) is 4.42. The first-order valence-electron chi connectivity index (χ1n) is 4.42. The Kier molecular flexibility index (Phi) is 2.27. The maximum atomic E-state index is 13.3. The minimum atomic E-state index is -0.241. The molecule has 0 saturated carbocycles. The smallest absolute Gasteiger partial charge is 0.131 e. The van der Waals surface area contributed by atoms with Gasteiger partial charge in [-0.25, -0.2) is 4.39 Å². The summed E-state index contributed by atoms with van der Waals surface area (Å²) in [6, 6.07) is 10.2. The summed E-state index contributed by atoms with van der Waals surface area (Å²) in [4.78, 5) is 10.4. The van der Waals surface area contributed by atoms with E-state index in [9.17, 15) is 9.18 Å². The first-order chi connectivity index (χ1) is 6.83. The van der Waals surface area contributed by atoms with Crippen LogP contribution in [0.5, 0.6) is 0 Å². The summed E-state index contributed by atoms with van der Waals surface area (Å²) in [5.41, 5.74) is 0.872. The first kappa shape index (κ1) is 8.88. The Morgan fingerprint density at radius 1 is 1.07 bits per heavy atom. The van der Waals surface area contributed by atoms with Gasteiger partial charge < -0.3 is 4.79 Å². The van der Waals surface area contributed by atoms with E-state index < -0.39 is 0 Å². The molecule has 0 bridgehead atoms. The van der Waals surface area contributed by atoms with Gasteiger partial charge in [0.05, 0.1) is 0 Å². The van der Waals surface area contributed by atoms with Crippen LogP contribution < -0.4 is 0 Å². The lowest BCUT2D eigenvalue weighted by molar-refractivity contribution is -0.107. The fourth-order valence-corrected chi connectivity index (χ4v) is 1.59. The van der Waals surface area contributed by atoms with Crippen molar-refractivity contribution in [3.63, 3.8) is 0 Å². The van der Waals surface area contributed by atoms with Gasteiger partial charge in [0.1, 0.15) is 12.1 Å². The fourth-order valence-electron chi connectivity index (χ4n) is 1.59. The van der Waals surface area contributed by atoms with Crippen LogP contribution in [0.4, 0.5) is 4.39 Å². The number of aldehydes is 1. The van der Waals surface area contributed by atoms with Gasteiger partial charge in [-0.1, -0.05) is 30.3 Å². The molecule has 1 nitrogen and oxygen atoms in total. The third kappa shape index (κ3) is 1.39. The van der Waals surface area contributed by atoms with Crippen LogP contribution in [0.1, 0.15) is 5.56 Å². The molecule has 0 saturated heterocycles. The summed E-state index contributed by atoms with van der Waals surface area (Å²) in [5, 5.41) is 1.39. The van der Waals surface area contributed by atoms with E-state index in [1.165, 1.54) is 6.07 Å². The number of rotatable bonds is 2. The zero-order chi connectivity index (χ0) is 9.97. The van der Waals surface area contributed by atoms with Gasteiger partial charge in [0.25, 0.3) is 0 Å². The van der Waals surface area contributed by atoms with Crippen molar-refractivity contribution in [1.82, 2.24) is 0 Å². The number of halogens is 1. The van der Waals surface area contributed by atoms with Gasteiger partial charge in [-0.3, -0.25) is 0 Å². The van der Waals surface area contributed by atoms with Gasteiger partial charge in [-0.05, 0) is 17.0 Å². The molecule has 14 heavy (non-hydrogen) atoms. The molecule has 0 amide bonds. The van der Waals surface area contributed by atoms with Crippen molar-refractivity contribution in [1.29, 1.82) is 0 Å². The molecule has 0 aliphatic rings. The normalized spacial score (nSPS) is 10.4. The van der Waals surface area contributed by atoms with Crippen molar-refractivity contribution < 1.29 is 9.18 Å². The van der Waals surface area contributed by atoms with Crippen molar-refractivity contribution in [3.8, 4) is 0 Å². The molecule has 0 radical (unpaired) electrons. The Morgan fingerprint density at radius 3 is 2.50 bits per heavy atom. The highest BCUT2D eigenvalue weighted by molar-refractivity contribution is 5.87. The molecule has 2 rings (SSSR count). The summed E-state index contributed by atoms with van der Waals surface area (Å²) in [6.07, 6.45) is 1.17. The van der Waals surface area contributed by atoms with Crippen LogP contribution in [-0.4, -0.2) is 6.29 Å². The molecule has 2 heteroatoms. The number of hydrogen-bond acceptors (Lipinski definition) is 1. The molecule has 70 valence electrons. The van der Waals surface area contributed by atoms with Crippen molar-refractivity contribution in [2.45, 2.75) is 6.42 Å². The van der Waals surface area contributed by atoms with E-state index in [-0.39, 0.29) is 5.82 Å². The molecule has 0 heterocycles. The van der Waals surface area contributed by atoms with Crippen LogP contribution in [0.3, 0.4) is 0 Å². The molecule has 0 aliphatic carbocycles. The third-order valence-corrected chi connectivity index (χ3v) is 2.26. The lowest BCUT2D eigenvalue weighted by Crippen LogP contribution is -1.89. The highest BCUT2D eigenvalue weighted by atomic mass is 19.1. The van der Waals surface area contributed by atoms with Crippen LogP contribution in [0.15, 0.2) is 36.4 Å². The van der Waals surface area contributed by atoms with Gasteiger partial charge in [-0.2, -0.15) is 0 Å². The van der Waals surface area contributed by atoms with Crippen molar-refractivity contribution in [3.05, 3.63) is 47.8 Å². The third-order valence-electron chi connectivity index (χ3n) is 2.26. The molecular formula is C12H9FO. The SMILES string of the molecule is O=CCc1ccc(F)c2ccccc12. The zero-order valence-electron chi connectivity index (χ0n) is 7.53. The van der Waals surface area contributed by atoms with E-state index in [1.54, 1.807) is 18.2 Å². The summed E-state index contributed by atoms with van der Waals surface area (Å²) < 4.78 is 13.3. The van der Waals surface area contributed by atoms with Gasteiger partial charge in [0.15, 0.2) is 0 Å². The Labute approximate surface area is 81.2 Å². The zero-order valence-corrected chi connectivity index (χ0v) is 7.53. The second-order valence-electron chi connectivity index (χ2n) is 3.12. The second kappa shape index (κ2) is 3.58. The molecule has 0 atom stereocenters. The molecule has 0 N–H and O–H groups in total. The summed E-state index contributed by atoms with van der Waals surface area (Å²) in [7, 11) is 0. The summed E-state index contributed by atoms with van der Waals surface area (Å²) >= 11 is 0. The molecule has 0 aromatic heterocycles. The molecule has 2 aromatic rings. The van der Waals surface area contributed by atoms with E-state index in [0.717, 1.165) is 17.2 Å². The van der Waals surface area contributed by atoms with Gasteiger partial charge in [0.2, 0.25) is 0 Å². The van der Waals surface area contributed by atoms with Crippen LogP contribution in [0.2, 0.25) is 0 Å². The minimum absolute atomic E-state index is 0.241. The monoisotopic (exact) mass is 188 g/mol. The van der Waals surface area contributed by atoms with E-state index >= 15 is 0 Å². The lowest BCUT2D eigenvalue weighted by atomic mass is 10.0. The average molecular weight is 188 g/mol. The van der Waals surface area contributed by atoms with E-state index in [4.69, 9.17) is 0 Å². The Hall–Kier alpha value is -1.70. The molecular weight excluding hydrogens is 179 g/mol. The second-order valence-corrected chi connectivity index (χ2v) is 3.12. The number of fused-ring (bicyclic) bond motifs is 1. The van der Waals surface area contributed by atoms with E-state index in [0.29, 0.717) is 11.8 Å². The van der Waals surface area contributed by atoms with Crippen molar-refractivity contribution in [2.24, 2.45) is 0 Å². The van der Waals surface area contributed by atoms with Crippen LogP contribution >= 0.6 is 0 Å². The summed E-state index contributed by atoms with van der Waals surface area (Å²) in [6.45, 7) is 0. The molecule has 2 aromatic carbocycles. The lowest BCUT2D eigenvalue weighted by Gasteiger charge is -2.03. The van der Waals surface area contributed by atoms with Gasteiger partial charge in [-0.15, -0.1) is 0 Å².